The zero-order valence-electron chi connectivity index (χ0n) is 11.6. The monoisotopic (exact) mass is 249 g/mol. The molecule has 1 aliphatic carbocycles. The number of nitrogens with one attached hydrogen (secondary N) is 1. The third kappa shape index (κ3) is 2.54. The number of rotatable bonds is 6. The van der Waals surface area contributed by atoms with E-state index in [9.17, 15) is 0 Å². The minimum Gasteiger partial charge on any atom is -0.370 e. The molecule has 1 aliphatic rings. The summed E-state index contributed by atoms with van der Waals surface area (Å²) in [5.74, 6) is 0.857. The van der Waals surface area contributed by atoms with E-state index >= 15 is 0 Å². The molecule has 1 aromatic rings. The second kappa shape index (κ2) is 5.76. The molecule has 100 valence electrons. The zero-order valence-corrected chi connectivity index (χ0v) is 11.6. The first-order chi connectivity index (χ1) is 8.72. The highest BCUT2D eigenvalue weighted by molar-refractivity contribution is 5.19. The number of hydrogen-bond acceptors (Lipinski definition) is 4. The highest BCUT2D eigenvalue weighted by atomic mass is 16.5. The van der Waals surface area contributed by atoms with Crippen LogP contribution in [0.3, 0.4) is 0 Å². The first-order valence-corrected chi connectivity index (χ1v) is 6.80. The van der Waals surface area contributed by atoms with Crippen molar-refractivity contribution in [2.75, 3.05) is 13.7 Å². The van der Waals surface area contributed by atoms with E-state index in [-0.39, 0.29) is 5.60 Å². The second-order valence-electron chi connectivity index (χ2n) is 5.05. The summed E-state index contributed by atoms with van der Waals surface area (Å²) in [4.78, 5) is 9.18. The lowest BCUT2D eigenvalue weighted by Gasteiger charge is -2.38. The van der Waals surface area contributed by atoms with Gasteiger partial charge in [0.15, 0.2) is 5.82 Å². The van der Waals surface area contributed by atoms with Crippen molar-refractivity contribution in [2.24, 2.45) is 0 Å². The Bertz CT molecular complexity index is 397. The van der Waals surface area contributed by atoms with E-state index in [2.05, 4.69) is 24.1 Å². The fraction of sp³-hybridized carbons (Fsp3) is 0.714. The Hall–Kier alpha value is -1.00. The van der Waals surface area contributed by atoms with E-state index in [1.54, 1.807) is 7.11 Å². The van der Waals surface area contributed by atoms with Crippen LogP contribution in [0.1, 0.15) is 49.7 Å². The van der Waals surface area contributed by atoms with Crippen LogP contribution < -0.4 is 5.32 Å². The van der Waals surface area contributed by atoms with Gasteiger partial charge in [-0.05, 0) is 44.7 Å². The number of aryl methyl sites for hydroxylation is 1. The van der Waals surface area contributed by atoms with Crippen molar-refractivity contribution in [1.29, 1.82) is 0 Å². The summed E-state index contributed by atoms with van der Waals surface area (Å²) in [6, 6.07) is 0. The highest BCUT2D eigenvalue weighted by Gasteiger charge is 2.41. The van der Waals surface area contributed by atoms with E-state index in [1.807, 2.05) is 6.20 Å². The third-order valence-corrected chi connectivity index (χ3v) is 3.76. The lowest BCUT2D eigenvalue weighted by Crippen LogP contribution is -2.38. The van der Waals surface area contributed by atoms with Gasteiger partial charge in [-0.25, -0.2) is 9.97 Å². The minimum atomic E-state index is -0.215. The van der Waals surface area contributed by atoms with Crippen LogP contribution in [0.2, 0.25) is 0 Å². The van der Waals surface area contributed by atoms with Crippen LogP contribution in [0, 0.1) is 6.92 Å². The van der Waals surface area contributed by atoms with E-state index in [0.29, 0.717) is 0 Å². The molecule has 4 heteroatoms. The Morgan fingerprint density at radius 3 is 2.78 bits per heavy atom. The van der Waals surface area contributed by atoms with Gasteiger partial charge in [0.2, 0.25) is 0 Å². The molecule has 0 saturated heterocycles. The SMILES string of the molecule is CCCNCc1nc(C2(OC)CCC2)ncc1C. The van der Waals surface area contributed by atoms with Gasteiger partial charge in [-0.3, -0.25) is 0 Å². The average molecular weight is 249 g/mol. The zero-order chi connectivity index (χ0) is 13.0. The van der Waals surface area contributed by atoms with E-state index in [4.69, 9.17) is 9.72 Å². The fourth-order valence-electron chi connectivity index (χ4n) is 2.28. The normalized spacial score (nSPS) is 17.5. The predicted octanol–water partition coefficient (Wildman–Crippen LogP) is 2.31. The Morgan fingerprint density at radius 1 is 1.44 bits per heavy atom. The van der Waals surface area contributed by atoms with E-state index < -0.39 is 0 Å². The quantitative estimate of drug-likeness (QED) is 0.786. The number of hydrogen-bond donors (Lipinski definition) is 1. The molecule has 0 bridgehead atoms. The summed E-state index contributed by atoms with van der Waals surface area (Å²) in [7, 11) is 1.76. The van der Waals surface area contributed by atoms with Crippen LogP contribution >= 0.6 is 0 Å². The first-order valence-electron chi connectivity index (χ1n) is 6.80. The van der Waals surface area contributed by atoms with E-state index in [0.717, 1.165) is 49.4 Å². The molecule has 0 amide bonds. The maximum absolute atomic E-state index is 5.63. The van der Waals surface area contributed by atoms with Gasteiger partial charge in [0.1, 0.15) is 5.60 Å². The molecular formula is C14H23N3O. The van der Waals surface area contributed by atoms with E-state index in [1.165, 1.54) is 6.42 Å². The Labute approximate surface area is 109 Å². The van der Waals surface area contributed by atoms with Crippen LogP contribution in [0.4, 0.5) is 0 Å². The summed E-state index contributed by atoms with van der Waals surface area (Å²) in [5, 5.41) is 3.39. The third-order valence-electron chi connectivity index (χ3n) is 3.76. The molecule has 0 unspecified atom stereocenters. The molecule has 1 heterocycles. The molecular weight excluding hydrogens is 226 g/mol. The summed E-state index contributed by atoms with van der Waals surface area (Å²) in [6.07, 6.45) is 6.33. The molecule has 2 rings (SSSR count). The second-order valence-corrected chi connectivity index (χ2v) is 5.05. The smallest absolute Gasteiger partial charge is 0.160 e. The number of methoxy groups -OCH3 is 1. The molecule has 0 radical (unpaired) electrons. The van der Waals surface area contributed by atoms with Crippen molar-refractivity contribution < 1.29 is 4.74 Å². The van der Waals surface area contributed by atoms with Crippen LogP contribution in [0.5, 0.6) is 0 Å². The molecule has 1 fully saturated rings. The van der Waals surface area contributed by atoms with Crippen LogP contribution in [0.25, 0.3) is 0 Å². The first kappa shape index (κ1) is 13.4. The van der Waals surface area contributed by atoms with Crippen molar-refractivity contribution in [1.82, 2.24) is 15.3 Å². The molecule has 0 atom stereocenters. The van der Waals surface area contributed by atoms with Gasteiger partial charge in [0.05, 0.1) is 5.69 Å². The van der Waals surface area contributed by atoms with Gasteiger partial charge < -0.3 is 10.1 Å². The Kier molecular flexibility index (Phi) is 4.30. The van der Waals surface area contributed by atoms with Crippen molar-refractivity contribution in [3.05, 3.63) is 23.3 Å². The summed E-state index contributed by atoms with van der Waals surface area (Å²) in [6.45, 7) is 6.07. The summed E-state index contributed by atoms with van der Waals surface area (Å²) in [5.41, 5.74) is 2.03. The molecule has 1 aromatic heterocycles. The standard InChI is InChI=1S/C14H23N3O/c1-4-8-15-10-12-11(2)9-16-13(17-12)14(18-3)6-5-7-14/h9,15H,4-8,10H2,1-3H3. The van der Waals surface area contributed by atoms with Crippen molar-refractivity contribution in [3.63, 3.8) is 0 Å². The molecule has 1 N–H and O–H groups in total. The molecule has 0 aliphatic heterocycles. The van der Waals surface area contributed by atoms with Gasteiger partial charge in [-0.1, -0.05) is 6.92 Å². The van der Waals surface area contributed by atoms with Crippen LogP contribution in [-0.2, 0) is 16.9 Å². The maximum atomic E-state index is 5.63. The molecule has 0 aromatic carbocycles. The molecule has 4 nitrogen and oxygen atoms in total. The Morgan fingerprint density at radius 2 is 2.22 bits per heavy atom. The number of nitrogens with zero attached hydrogens (tertiary/aromatic N) is 2. The number of aromatic nitrogens is 2. The fourth-order valence-corrected chi connectivity index (χ4v) is 2.28. The summed E-state index contributed by atoms with van der Waals surface area (Å²) >= 11 is 0. The van der Waals surface area contributed by atoms with Gasteiger partial charge >= 0.3 is 0 Å². The topological polar surface area (TPSA) is 47.0 Å². The molecule has 18 heavy (non-hydrogen) atoms. The van der Waals surface area contributed by atoms with Crippen LogP contribution in [-0.4, -0.2) is 23.6 Å². The van der Waals surface area contributed by atoms with Gasteiger partial charge in [-0.15, -0.1) is 0 Å². The van der Waals surface area contributed by atoms with Crippen molar-refractivity contribution in [3.8, 4) is 0 Å². The van der Waals surface area contributed by atoms with Gasteiger partial charge in [0.25, 0.3) is 0 Å². The average Bonchev–Trinajstić information content (AvgIpc) is 2.32. The largest absolute Gasteiger partial charge is 0.370 e. The maximum Gasteiger partial charge on any atom is 0.160 e. The molecule has 1 saturated carbocycles. The van der Waals surface area contributed by atoms with Gasteiger partial charge in [0, 0.05) is 19.9 Å². The lowest BCUT2D eigenvalue weighted by molar-refractivity contribution is -0.0848. The Balaban J connectivity index is 2.15. The molecule has 0 spiro atoms. The highest BCUT2D eigenvalue weighted by Crippen LogP contribution is 2.42. The van der Waals surface area contributed by atoms with Crippen molar-refractivity contribution in [2.45, 2.75) is 51.7 Å². The lowest BCUT2D eigenvalue weighted by atomic mass is 9.79. The number of ether oxygens (including phenoxy) is 1. The van der Waals surface area contributed by atoms with Crippen LogP contribution in [0.15, 0.2) is 6.20 Å². The predicted molar refractivity (Wildman–Crippen MR) is 71.3 cm³/mol. The minimum absolute atomic E-state index is 0.215. The van der Waals surface area contributed by atoms with Gasteiger partial charge in [-0.2, -0.15) is 0 Å². The van der Waals surface area contributed by atoms with Crippen molar-refractivity contribution >= 4 is 0 Å². The summed E-state index contributed by atoms with van der Waals surface area (Å²) < 4.78 is 5.63.